The maximum atomic E-state index is 12.0. The number of amides is 1. The maximum Gasteiger partial charge on any atom is 0.280 e. The third kappa shape index (κ3) is 3.85. The molecule has 23 heavy (non-hydrogen) atoms. The van der Waals surface area contributed by atoms with Crippen LogP contribution >= 0.6 is 11.3 Å². The summed E-state index contributed by atoms with van der Waals surface area (Å²) in [6.45, 7) is 8.41. The van der Waals surface area contributed by atoms with Crippen LogP contribution in [0.3, 0.4) is 0 Å². The second-order valence-corrected chi connectivity index (χ2v) is 6.70. The molecule has 0 radical (unpaired) electrons. The summed E-state index contributed by atoms with van der Waals surface area (Å²) in [6, 6.07) is 0. The first-order valence-electron chi connectivity index (χ1n) is 7.75. The van der Waals surface area contributed by atoms with Crippen molar-refractivity contribution in [3.05, 3.63) is 16.7 Å². The zero-order valence-corrected chi connectivity index (χ0v) is 14.1. The Bertz CT molecular complexity index is 660. The van der Waals surface area contributed by atoms with Crippen molar-refractivity contribution in [3.63, 3.8) is 0 Å². The number of aromatic nitrogens is 4. The SMILES string of the molecule is CC(C)CNC(=O)c1nc(-n2cnc(N3CCNCC3)n2)cs1. The van der Waals surface area contributed by atoms with Gasteiger partial charge in [0.05, 0.1) is 0 Å². The maximum absolute atomic E-state index is 12.0. The number of hydrogen-bond donors (Lipinski definition) is 2. The quantitative estimate of drug-likeness (QED) is 0.828. The van der Waals surface area contributed by atoms with Crippen LogP contribution in [0.1, 0.15) is 23.6 Å². The summed E-state index contributed by atoms with van der Waals surface area (Å²) < 4.78 is 1.62. The van der Waals surface area contributed by atoms with Crippen LogP contribution in [0, 0.1) is 5.92 Å². The lowest BCUT2D eigenvalue weighted by molar-refractivity contribution is 0.0948. The molecule has 0 aromatic carbocycles. The lowest BCUT2D eigenvalue weighted by Gasteiger charge is -2.25. The van der Waals surface area contributed by atoms with E-state index in [4.69, 9.17) is 0 Å². The van der Waals surface area contributed by atoms with Gasteiger partial charge in [-0.05, 0) is 5.92 Å². The first-order chi connectivity index (χ1) is 11.1. The van der Waals surface area contributed by atoms with E-state index in [1.54, 1.807) is 11.0 Å². The molecule has 1 aliphatic rings. The number of rotatable bonds is 5. The van der Waals surface area contributed by atoms with E-state index in [1.807, 2.05) is 5.38 Å². The zero-order valence-electron chi connectivity index (χ0n) is 13.3. The van der Waals surface area contributed by atoms with Crippen LogP contribution in [0.25, 0.3) is 5.82 Å². The molecule has 0 unspecified atom stereocenters. The van der Waals surface area contributed by atoms with Gasteiger partial charge in [-0.25, -0.2) is 4.98 Å². The highest BCUT2D eigenvalue weighted by atomic mass is 32.1. The molecule has 2 aromatic heterocycles. The van der Waals surface area contributed by atoms with E-state index >= 15 is 0 Å². The molecule has 2 aromatic rings. The van der Waals surface area contributed by atoms with Gasteiger partial charge in [-0.1, -0.05) is 13.8 Å². The summed E-state index contributed by atoms with van der Waals surface area (Å²) in [6.07, 6.45) is 1.64. The molecule has 3 rings (SSSR count). The van der Waals surface area contributed by atoms with Crippen LogP contribution in [-0.2, 0) is 0 Å². The normalized spacial score (nSPS) is 15.2. The van der Waals surface area contributed by atoms with Gasteiger partial charge in [0.25, 0.3) is 5.91 Å². The molecule has 9 heteroatoms. The van der Waals surface area contributed by atoms with Crippen molar-refractivity contribution in [2.75, 3.05) is 37.6 Å². The number of carbonyl (C=O) groups excluding carboxylic acids is 1. The lowest BCUT2D eigenvalue weighted by Crippen LogP contribution is -2.44. The Labute approximate surface area is 138 Å². The average molecular weight is 335 g/mol. The van der Waals surface area contributed by atoms with Gasteiger partial charge in [-0.2, -0.15) is 9.67 Å². The first-order valence-corrected chi connectivity index (χ1v) is 8.63. The van der Waals surface area contributed by atoms with Gasteiger partial charge in [0, 0.05) is 38.1 Å². The Kier molecular flexibility index (Phi) is 4.87. The second kappa shape index (κ2) is 7.05. The summed E-state index contributed by atoms with van der Waals surface area (Å²) in [5, 5.41) is 12.9. The Morgan fingerprint density at radius 1 is 1.43 bits per heavy atom. The number of thiazole rings is 1. The minimum absolute atomic E-state index is 0.141. The minimum atomic E-state index is -0.141. The van der Waals surface area contributed by atoms with Gasteiger partial charge in [-0.3, -0.25) is 4.79 Å². The van der Waals surface area contributed by atoms with Gasteiger partial charge in [0.15, 0.2) is 10.8 Å². The van der Waals surface area contributed by atoms with Crippen molar-refractivity contribution in [1.82, 2.24) is 30.4 Å². The fourth-order valence-corrected chi connectivity index (χ4v) is 2.92. The Morgan fingerprint density at radius 3 is 2.96 bits per heavy atom. The molecule has 1 saturated heterocycles. The molecular formula is C14H21N7OS. The number of nitrogens with zero attached hydrogens (tertiary/aromatic N) is 5. The molecule has 1 fully saturated rings. The number of hydrogen-bond acceptors (Lipinski definition) is 7. The number of piperazine rings is 1. The monoisotopic (exact) mass is 335 g/mol. The molecule has 0 bridgehead atoms. The summed E-state index contributed by atoms with van der Waals surface area (Å²) >= 11 is 1.31. The summed E-state index contributed by atoms with van der Waals surface area (Å²) in [5.74, 6) is 1.59. The number of nitrogens with one attached hydrogen (secondary N) is 2. The van der Waals surface area contributed by atoms with E-state index in [0.29, 0.717) is 29.2 Å². The van der Waals surface area contributed by atoms with E-state index in [2.05, 4.69) is 44.4 Å². The standard InChI is InChI=1S/C14H21N7OS/c1-10(2)7-16-12(22)13-18-11(8-23-13)21-9-17-14(19-21)20-5-3-15-4-6-20/h8-10,15H,3-7H2,1-2H3,(H,16,22). The van der Waals surface area contributed by atoms with Crippen LogP contribution in [0.5, 0.6) is 0 Å². The largest absolute Gasteiger partial charge is 0.350 e. The van der Waals surface area contributed by atoms with Crippen molar-refractivity contribution >= 4 is 23.2 Å². The van der Waals surface area contributed by atoms with Gasteiger partial charge >= 0.3 is 0 Å². The molecule has 1 aliphatic heterocycles. The summed E-state index contributed by atoms with van der Waals surface area (Å²) in [7, 11) is 0. The van der Waals surface area contributed by atoms with Crippen LogP contribution in [-0.4, -0.2) is 58.4 Å². The molecule has 2 N–H and O–H groups in total. The van der Waals surface area contributed by atoms with Gasteiger partial charge in [0.2, 0.25) is 5.95 Å². The van der Waals surface area contributed by atoms with E-state index in [1.165, 1.54) is 11.3 Å². The molecule has 0 aliphatic carbocycles. The van der Waals surface area contributed by atoms with Crippen LogP contribution < -0.4 is 15.5 Å². The molecule has 1 amide bonds. The van der Waals surface area contributed by atoms with Crippen molar-refractivity contribution < 1.29 is 4.79 Å². The summed E-state index contributed by atoms with van der Waals surface area (Å²) in [5.41, 5.74) is 0. The Balaban J connectivity index is 1.68. The van der Waals surface area contributed by atoms with E-state index in [0.717, 1.165) is 26.2 Å². The first kappa shape index (κ1) is 15.9. The highest BCUT2D eigenvalue weighted by Crippen LogP contribution is 2.15. The predicted octanol–water partition coefficient (Wildman–Crippen LogP) is 0.519. The summed E-state index contributed by atoms with van der Waals surface area (Å²) in [4.78, 5) is 22.9. The van der Waals surface area contributed by atoms with Crippen LogP contribution in [0.4, 0.5) is 5.95 Å². The highest BCUT2D eigenvalue weighted by molar-refractivity contribution is 7.11. The third-order valence-corrected chi connectivity index (χ3v) is 4.30. The van der Waals surface area contributed by atoms with Crippen molar-refractivity contribution in [1.29, 1.82) is 0 Å². The van der Waals surface area contributed by atoms with E-state index in [-0.39, 0.29) is 5.91 Å². The van der Waals surface area contributed by atoms with Crippen molar-refractivity contribution in [3.8, 4) is 5.82 Å². The molecule has 3 heterocycles. The lowest BCUT2D eigenvalue weighted by atomic mass is 10.2. The zero-order chi connectivity index (χ0) is 16.2. The highest BCUT2D eigenvalue weighted by Gasteiger charge is 2.17. The van der Waals surface area contributed by atoms with Crippen LogP contribution in [0.2, 0.25) is 0 Å². The molecule has 0 saturated carbocycles. The minimum Gasteiger partial charge on any atom is -0.350 e. The fourth-order valence-electron chi connectivity index (χ4n) is 2.22. The Hall–Kier alpha value is -2.00. The molecule has 0 atom stereocenters. The smallest absolute Gasteiger partial charge is 0.280 e. The van der Waals surface area contributed by atoms with Gasteiger partial charge in [0.1, 0.15) is 6.33 Å². The Morgan fingerprint density at radius 2 is 2.22 bits per heavy atom. The topological polar surface area (TPSA) is 88.0 Å². The molecular weight excluding hydrogens is 314 g/mol. The molecule has 124 valence electrons. The second-order valence-electron chi connectivity index (χ2n) is 5.84. The fraction of sp³-hybridized carbons (Fsp3) is 0.571. The van der Waals surface area contributed by atoms with Crippen LogP contribution in [0.15, 0.2) is 11.7 Å². The predicted molar refractivity (Wildman–Crippen MR) is 89.3 cm³/mol. The number of anilines is 1. The van der Waals surface area contributed by atoms with Crippen molar-refractivity contribution in [2.45, 2.75) is 13.8 Å². The van der Waals surface area contributed by atoms with Gasteiger partial charge in [-0.15, -0.1) is 16.4 Å². The number of carbonyl (C=O) groups is 1. The van der Waals surface area contributed by atoms with Crippen molar-refractivity contribution in [2.24, 2.45) is 5.92 Å². The molecule has 8 nitrogen and oxygen atoms in total. The van der Waals surface area contributed by atoms with Gasteiger partial charge < -0.3 is 15.5 Å². The van der Waals surface area contributed by atoms with E-state index < -0.39 is 0 Å². The molecule has 0 spiro atoms. The third-order valence-electron chi connectivity index (χ3n) is 3.47. The average Bonchev–Trinajstić information content (AvgIpc) is 3.22. The van der Waals surface area contributed by atoms with E-state index in [9.17, 15) is 4.79 Å².